The van der Waals surface area contributed by atoms with Crippen molar-refractivity contribution in [2.45, 2.75) is 26.0 Å². The highest BCUT2D eigenvalue weighted by molar-refractivity contribution is 9.10. The second-order valence-electron chi connectivity index (χ2n) is 5.49. The van der Waals surface area contributed by atoms with Crippen molar-refractivity contribution in [2.24, 2.45) is 0 Å². The standard InChI is InChI=1S/C18H18BrNO2/c1-13(22-17-8-6-16(19)7-9-17)18(21)20-11-10-14-4-2-3-5-15(14)12-20/h2-9,13H,10-12H2,1H3/t13-/m1/s1. The average molecular weight is 360 g/mol. The van der Waals surface area contributed by atoms with E-state index in [4.69, 9.17) is 4.74 Å². The number of halogens is 1. The average Bonchev–Trinajstić information content (AvgIpc) is 2.55. The summed E-state index contributed by atoms with van der Waals surface area (Å²) in [6.45, 7) is 3.23. The van der Waals surface area contributed by atoms with Crippen molar-refractivity contribution in [3.8, 4) is 5.75 Å². The second-order valence-corrected chi connectivity index (χ2v) is 6.41. The summed E-state index contributed by atoms with van der Waals surface area (Å²) in [5, 5.41) is 0. The lowest BCUT2D eigenvalue weighted by Crippen LogP contribution is -2.43. The number of carbonyl (C=O) groups is 1. The molecule has 0 aliphatic carbocycles. The van der Waals surface area contributed by atoms with Crippen LogP contribution in [0.15, 0.2) is 53.0 Å². The van der Waals surface area contributed by atoms with E-state index in [0.29, 0.717) is 12.3 Å². The molecule has 1 aliphatic heterocycles. The number of amides is 1. The first kappa shape index (κ1) is 15.1. The monoisotopic (exact) mass is 359 g/mol. The van der Waals surface area contributed by atoms with Gasteiger partial charge in [0, 0.05) is 17.6 Å². The number of fused-ring (bicyclic) bond motifs is 1. The van der Waals surface area contributed by atoms with Gasteiger partial charge in [0.1, 0.15) is 5.75 Å². The van der Waals surface area contributed by atoms with Crippen LogP contribution in [0.2, 0.25) is 0 Å². The van der Waals surface area contributed by atoms with Crippen molar-refractivity contribution in [1.82, 2.24) is 4.90 Å². The molecule has 1 heterocycles. The van der Waals surface area contributed by atoms with Crippen molar-refractivity contribution in [3.05, 3.63) is 64.1 Å². The first-order valence-electron chi connectivity index (χ1n) is 7.41. The third-order valence-corrected chi connectivity index (χ3v) is 4.45. The zero-order valence-electron chi connectivity index (χ0n) is 12.5. The third-order valence-electron chi connectivity index (χ3n) is 3.92. The summed E-state index contributed by atoms with van der Waals surface area (Å²) < 4.78 is 6.75. The van der Waals surface area contributed by atoms with Crippen LogP contribution < -0.4 is 4.74 Å². The summed E-state index contributed by atoms with van der Waals surface area (Å²) >= 11 is 3.39. The first-order chi connectivity index (χ1) is 10.6. The Labute approximate surface area is 139 Å². The van der Waals surface area contributed by atoms with Crippen LogP contribution in [0.5, 0.6) is 5.75 Å². The molecule has 1 atom stereocenters. The van der Waals surface area contributed by atoms with Gasteiger partial charge in [0.15, 0.2) is 6.10 Å². The Morgan fingerprint density at radius 1 is 1.14 bits per heavy atom. The zero-order chi connectivity index (χ0) is 15.5. The third kappa shape index (κ3) is 3.33. The van der Waals surface area contributed by atoms with Crippen LogP contribution in [0.1, 0.15) is 18.1 Å². The van der Waals surface area contributed by atoms with Crippen molar-refractivity contribution in [2.75, 3.05) is 6.54 Å². The van der Waals surface area contributed by atoms with E-state index in [0.717, 1.165) is 17.4 Å². The van der Waals surface area contributed by atoms with Gasteiger partial charge in [-0.25, -0.2) is 0 Å². The van der Waals surface area contributed by atoms with Crippen molar-refractivity contribution >= 4 is 21.8 Å². The molecule has 0 radical (unpaired) electrons. The van der Waals surface area contributed by atoms with E-state index < -0.39 is 6.10 Å². The number of hydrogen-bond donors (Lipinski definition) is 0. The summed E-state index contributed by atoms with van der Waals surface area (Å²) in [4.78, 5) is 14.5. The largest absolute Gasteiger partial charge is 0.481 e. The normalized spacial score (nSPS) is 15.1. The Kier molecular flexibility index (Phi) is 4.48. The molecule has 0 spiro atoms. The molecule has 0 N–H and O–H groups in total. The highest BCUT2D eigenvalue weighted by atomic mass is 79.9. The number of rotatable bonds is 3. The van der Waals surface area contributed by atoms with Gasteiger partial charge in [-0.1, -0.05) is 40.2 Å². The van der Waals surface area contributed by atoms with E-state index in [-0.39, 0.29) is 5.91 Å². The van der Waals surface area contributed by atoms with E-state index in [1.54, 1.807) is 0 Å². The van der Waals surface area contributed by atoms with Crippen LogP contribution in [0.4, 0.5) is 0 Å². The van der Waals surface area contributed by atoms with Gasteiger partial charge < -0.3 is 9.64 Å². The maximum absolute atomic E-state index is 12.6. The zero-order valence-corrected chi connectivity index (χ0v) is 14.0. The molecule has 0 unspecified atom stereocenters. The van der Waals surface area contributed by atoms with Crippen LogP contribution in [0.25, 0.3) is 0 Å². The van der Waals surface area contributed by atoms with Gasteiger partial charge in [-0.2, -0.15) is 0 Å². The first-order valence-corrected chi connectivity index (χ1v) is 8.20. The molecular formula is C18H18BrNO2. The predicted molar refractivity (Wildman–Crippen MR) is 89.8 cm³/mol. The number of benzene rings is 2. The molecule has 0 saturated carbocycles. The van der Waals surface area contributed by atoms with Gasteiger partial charge in [-0.3, -0.25) is 4.79 Å². The Morgan fingerprint density at radius 2 is 1.82 bits per heavy atom. The van der Waals surface area contributed by atoms with Gasteiger partial charge in [-0.15, -0.1) is 0 Å². The number of carbonyl (C=O) groups excluding carboxylic acids is 1. The molecule has 114 valence electrons. The molecule has 1 amide bonds. The van der Waals surface area contributed by atoms with Crippen LogP contribution in [0, 0.1) is 0 Å². The van der Waals surface area contributed by atoms with Crippen molar-refractivity contribution in [3.63, 3.8) is 0 Å². The van der Waals surface area contributed by atoms with Crippen molar-refractivity contribution in [1.29, 1.82) is 0 Å². The highest BCUT2D eigenvalue weighted by Crippen LogP contribution is 2.21. The number of hydrogen-bond acceptors (Lipinski definition) is 2. The molecule has 4 heteroatoms. The maximum Gasteiger partial charge on any atom is 0.263 e. The summed E-state index contributed by atoms with van der Waals surface area (Å²) in [6.07, 6.45) is 0.429. The summed E-state index contributed by atoms with van der Waals surface area (Å²) in [6, 6.07) is 15.8. The van der Waals surface area contributed by atoms with E-state index >= 15 is 0 Å². The summed E-state index contributed by atoms with van der Waals surface area (Å²) in [5.41, 5.74) is 2.57. The lowest BCUT2D eigenvalue weighted by molar-refractivity contribution is -0.138. The van der Waals surface area contributed by atoms with Crippen LogP contribution in [0.3, 0.4) is 0 Å². The quantitative estimate of drug-likeness (QED) is 0.833. The highest BCUT2D eigenvalue weighted by Gasteiger charge is 2.25. The lowest BCUT2D eigenvalue weighted by Gasteiger charge is -2.31. The molecule has 0 bridgehead atoms. The predicted octanol–water partition coefficient (Wildman–Crippen LogP) is 3.80. The topological polar surface area (TPSA) is 29.5 Å². The van der Waals surface area contributed by atoms with Gasteiger partial charge in [0.05, 0.1) is 0 Å². The van der Waals surface area contributed by atoms with Gasteiger partial charge in [-0.05, 0) is 48.7 Å². The number of nitrogens with zero attached hydrogens (tertiary/aromatic N) is 1. The van der Waals surface area contributed by atoms with Crippen molar-refractivity contribution < 1.29 is 9.53 Å². The Morgan fingerprint density at radius 3 is 2.55 bits per heavy atom. The fraction of sp³-hybridized carbons (Fsp3) is 0.278. The minimum absolute atomic E-state index is 0.0393. The molecule has 3 rings (SSSR count). The Hall–Kier alpha value is -1.81. The second kappa shape index (κ2) is 6.53. The minimum Gasteiger partial charge on any atom is -0.481 e. The molecule has 0 saturated heterocycles. The van der Waals surface area contributed by atoms with E-state index in [2.05, 4.69) is 34.1 Å². The molecular weight excluding hydrogens is 342 g/mol. The molecule has 0 aromatic heterocycles. The number of ether oxygens (including phenoxy) is 1. The Bertz CT molecular complexity index is 669. The SMILES string of the molecule is C[C@@H](Oc1ccc(Br)cc1)C(=O)N1CCc2ccccc2C1. The van der Waals surface area contributed by atoms with E-state index in [1.807, 2.05) is 42.2 Å². The fourth-order valence-electron chi connectivity index (χ4n) is 2.71. The molecule has 2 aromatic carbocycles. The summed E-state index contributed by atoms with van der Waals surface area (Å²) in [5.74, 6) is 0.749. The maximum atomic E-state index is 12.6. The Balaban J connectivity index is 1.65. The van der Waals surface area contributed by atoms with Crippen LogP contribution >= 0.6 is 15.9 Å². The molecule has 3 nitrogen and oxygen atoms in total. The molecule has 22 heavy (non-hydrogen) atoms. The smallest absolute Gasteiger partial charge is 0.263 e. The van der Waals surface area contributed by atoms with Gasteiger partial charge in [0.25, 0.3) is 5.91 Å². The minimum atomic E-state index is -0.480. The van der Waals surface area contributed by atoms with Gasteiger partial charge >= 0.3 is 0 Å². The van der Waals surface area contributed by atoms with E-state index in [1.165, 1.54) is 11.1 Å². The van der Waals surface area contributed by atoms with Crippen LogP contribution in [-0.4, -0.2) is 23.5 Å². The van der Waals surface area contributed by atoms with Gasteiger partial charge in [0.2, 0.25) is 0 Å². The molecule has 2 aromatic rings. The van der Waals surface area contributed by atoms with Crippen LogP contribution in [-0.2, 0) is 17.8 Å². The van der Waals surface area contributed by atoms with E-state index in [9.17, 15) is 4.79 Å². The fourth-order valence-corrected chi connectivity index (χ4v) is 2.97. The molecule has 0 fully saturated rings. The summed E-state index contributed by atoms with van der Waals surface area (Å²) in [7, 11) is 0. The lowest BCUT2D eigenvalue weighted by atomic mass is 9.99. The molecule has 1 aliphatic rings.